The van der Waals surface area contributed by atoms with Crippen LogP contribution in [0.4, 0.5) is 10.1 Å². The topological polar surface area (TPSA) is 74.3 Å². The van der Waals surface area contributed by atoms with Gasteiger partial charge in [0.15, 0.2) is 0 Å². The first-order chi connectivity index (χ1) is 12.0. The molecule has 1 saturated carbocycles. The maximum Gasteiger partial charge on any atom is 0.147 e. The molecule has 1 atom stereocenters. The summed E-state index contributed by atoms with van der Waals surface area (Å²) in [5, 5.41) is 11.2. The van der Waals surface area contributed by atoms with Gasteiger partial charge in [-0.05, 0) is 50.1 Å². The Balaban J connectivity index is 0.000000386. The lowest BCUT2D eigenvalue weighted by Crippen LogP contribution is -2.06. The molecule has 4 N–H and O–H groups in total. The molecule has 1 aromatic carbocycles. The first kappa shape index (κ1) is 18.8. The van der Waals surface area contributed by atoms with Crippen molar-refractivity contribution in [2.24, 2.45) is 10.9 Å². The molecule has 0 radical (unpaired) electrons. The molecule has 1 fully saturated rings. The number of nitrogen functional groups attached to an aromatic ring is 1. The van der Waals surface area contributed by atoms with Crippen LogP contribution in [0, 0.1) is 17.1 Å². The molecule has 0 saturated heterocycles. The minimum absolute atomic E-state index is 0.0116. The number of anilines is 1. The fraction of sp³-hybridized carbons (Fsp3) is 0.300. The summed E-state index contributed by atoms with van der Waals surface area (Å²) in [4.78, 5) is 4.04. The Hall–Kier alpha value is -2.53. The largest absolute Gasteiger partial charge is 0.396 e. The zero-order valence-corrected chi connectivity index (χ0v) is 14.5. The zero-order chi connectivity index (χ0) is 18.2. The van der Waals surface area contributed by atoms with Crippen LogP contribution in [0.15, 0.2) is 48.1 Å². The molecular weight excluding hydrogens is 315 g/mol. The smallest absolute Gasteiger partial charge is 0.147 e. The number of nitrogens with zero attached hydrogens (tertiary/aromatic N) is 1. The second-order valence-corrected chi connectivity index (χ2v) is 6.09. The van der Waals surface area contributed by atoms with Crippen LogP contribution in [0.3, 0.4) is 0 Å². The Kier molecular flexibility index (Phi) is 6.83. The van der Waals surface area contributed by atoms with Crippen LogP contribution in [0.5, 0.6) is 0 Å². The second kappa shape index (κ2) is 9.08. The number of benzene rings is 1. The van der Waals surface area contributed by atoms with E-state index < -0.39 is 5.82 Å². The van der Waals surface area contributed by atoms with E-state index in [0.717, 1.165) is 12.5 Å². The Morgan fingerprint density at radius 2 is 2.20 bits per heavy atom. The van der Waals surface area contributed by atoms with E-state index in [1.165, 1.54) is 25.0 Å². The quantitative estimate of drug-likeness (QED) is 0.561. The van der Waals surface area contributed by atoms with Gasteiger partial charge in [0.1, 0.15) is 5.82 Å². The van der Waals surface area contributed by atoms with Crippen molar-refractivity contribution >= 4 is 23.7 Å². The van der Waals surface area contributed by atoms with Crippen molar-refractivity contribution in [1.29, 1.82) is 5.41 Å². The van der Waals surface area contributed by atoms with Gasteiger partial charge in [0.25, 0.3) is 0 Å². The number of nitrogens with one attached hydrogen (secondary N) is 2. The molecule has 1 aliphatic carbocycles. The van der Waals surface area contributed by atoms with E-state index in [0.29, 0.717) is 11.1 Å². The summed E-state index contributed by atoms with van der Waals surface area (Å²) in [6, 6.07) is 3.85. The number of halogens is 1. The van der Waals surface area contributed by atoms with Gasteiger partial charge in [0, 0.05) is 29.9 Å². The summed E-state index contributed by atoms with van der Waals surface area (Å²) in [6.45, 7) is 3.60. The van der Waals surface area contributed by atoms with Crippen molar-refractivity contribution < 1.29 is 4.39 Å². The van der Waals surface area contributed by atoms with Crippen molar-refractivity contribution in [3.8, 4) is 0 Å². The molecule has 1 aliphatic heterocycles. The van der Waals surface area contributed by atoms with E-state index in [1.54, 1.807) is 18.3 Å². The monoisotopic (exact) mass is 340 g/mol. The molecule has 25 heavy (non-hydrogen) atoms. The van der Waals surface area contributed by atoms with Crippen LogP contribution in [-0.4, -0.2) is 25.0 Å². The Bertz CT molecular complexity index is 715. The van der Waals surface area contributed by atoms with Gasteiger partial charge in [-0.25, -0.2) is 4.39 Å². The molecular formula is C20H25FN4. The highest BCUT2D eigenvalue weighted by Gasteiger charge is 2.17. The molecule has 0 spiro atoms. The molecule has 2 aliphatic rings. The lowest BCUT2D eigenvalue weighted by atomic mass is 10.00. The van der Waals surface area contributed by atoms with Crippen LogP contribution in [0.1, 0.15) is 30.4 Å². The van der Waals surface area contributed by atoms with E-state index >= 15 is 0 Å². The van der Waals surface area contributed by atoms with Gasteiger partial charge in [-0.2, -0.15) is 0 Å². The van der Waals surface area contributed by atoms with E-state index in [4.69, 9.17) is 11.1 Å². The number of rotatable bonds is 5. The molecule has 1 aromatic rings. The van der Waals surface area contributed by atoms with Gasteiger partial charge in [0.2, 0.25) is 0 Å². The van der Waals surface area contributed by atoms with Gasteiger partial charge in [-0.3, -0.25) is 4.99 Å². The highest BCUT2D eigenvalue weighted by molar-refractivity contribution is 6.10. The van der Waals surface area contributed by atoms with Gasteiger partial charge in [-0.1, -0.05) is 24.8 Å². The van der Waals surface area contributed by atoms with Crippen molar-refractivity contribution in [3.63, 3.8) is 0 Å². The van der Waals surface area contributed by atoms with Crippen molar-refractivity contribution in [2.45, 2.75) is 25.3 Å². The summed E-state index contributed by atoms with van der Waals surface area (Å²) in [6.07, 6.45) is 14.2. The van der Waals surface area contributed by atoms with Crippen LogP contribution >= 0.6 is 0 Å². The maximum atomic E-state index is 13.7. The average Bonchev–Trinajstić information content (AvgIpc) is 3.47. The standard InChI is InChI=1S/C16H16FN3.C4H9N/c1-2-11-8-13(16(19)14(17)9-11)15(18)6-5-12-4-3-7-20-10-12;1-5-4-2-3-4/h2-3,5-10,12,18H,1,4,19H2;4-5H,2-3H2,1H3/b6-5+,18-15?;. The highest BCUT2D eigenvalue weighted by atomic mass is 19.1. The van der Waals surface area contributed by atoms with Gasteiger partial charge < -0.3 is 16.5 Å². The molecule has 1 unspecified atom stereocenters. The second-order valence-electron chi connectivity index (χ2n) is 6.09. The first-order valence-corrected chi connectivity index (χ1v) is 8.39. The van der Waals surface area contributed by atoms with Gasteiger partial charge in [0.05, 0.1) is 11.4 Å². The molecule has 132 valence electrons. The summed E-state index contributed by atoms with van der Waals surface area (Å²) < 4.78 is 13.7. The van der Waals surface area contributed by atoms with Gasteiger partial charge >= 0.3 is 0 Å². The molecule has 4 nitrogen and oxygen atoms in total. The SMILES string of the molecule is C=Cc1cc(F)c(N)c(C(=N)/C=C/C2C=NC=CC2)c1.CNC1CC1. The van der Waals surface area contributed by atoms with Crippen LogP contribution in [0.25, 0.3) is 6.08 Å². The third kappa shape index (κ3) is 5.80. The maximum absolute atomic E-state index is 13.7. The summed E-state index contributed by atoms with van der Waals surface area (Å²) in [7, 11) is 2.01. The lowest BCUT2D eigenvalue weighted by Gasteiger charge is -2.09. The van der Waals surface area contributed by atoms with E-state index in [2.05, 4.69) is 16.9 Å². The molecule has 0 amide bonds. The number of aliphatic imine (C=N–C) groups is 1. The molecule has 5 heteroatoms. The Morgan fingerprint density at radius 1 is 1.44 bits per heavy atom. The molecule has 3 rings (SSSR count). The minimum atomic E-state index is -0.530. The van der Waals surface area contributed by atoms with E-state index in [-0.39, 0.29) is 17.3 Å². The van der Waals surface area contributed by atoms with E-state index in [9.17, 15) is 4.39 Å². The predicted molar refractivity (Wildman–Crippen MR) is 105 cm³/mol. The third-order valence-electron chi connectivity index (χ3n) is 4.05. The fourth-order valence-electron chi connectivity index (χ4n) is 2.29. The Morgan fingerprint density at radius 3 is 2.72 bits per heavy atom. The molecule has 0 bridgehead atoms. The Labute approximate surface area is 148 Å². The number of nitrogens with two attached hydrogens (primary N) is 1. The van der Waals surface area contributed by atoms with Crippen LogP contribution in [0.2, 0.25) is 0 Å². The molecule has 1 heterocycles. The lowest BCUT2D eigenvalue weighted by molar-refractivity contribution is 0.632. The van der Waals surface area contributed by atoms with Gasteiger partial charge in [-0.15, -0.1) is 0 Å². The zero-order valence-electron chi connectivity index (χ0n) is 14.5. The highest BCUT2D eigenvalue weighted by Crippen LogP contribution is 2.21. The summed E-state index contributed by atoms with van der Waals surface area (Å²) >= 11 is 0. The fourth-order valence-corrected chi connectivity index (χ4v) is 2.29. The van der Waals surface area contributed by atoms with Crippen LogP contribution in [-0.2, 0) is 0 Å². The molecule has 0 aromatic heterocycles. The number of hydrogen-bond acceptors (Lipinski definition) is 4. The summed E-state index contributed by atoms with van der Waals surface area (Å²) in [5.74, 6) is -0.369. The first-order valence-electron chi connectivity index (χ1n) is 8.39. The third-order valence-corrected chi connectivity index (χ3v) is 4.05. The van der Waals surface area contributed by atoms with Crippen molar-refractivity contribution in [3.05, 3.63) is 60.1 Å². The average molecular weight is 340 g/mol. The summed E-state index contributed by atoms with van der Waals surface area (Å²) in [5.41, 5.74) is 6.84. The number of hydrogen-bond donors (Lipinski definition) is 3. The van der Waals surface area contributed by atoms with E-state index in [1.807, 2.05) is 25.4 Å². The normalized spacial score (nSPS) is 18.7. The number of allylic oxidation sites excluding steroid dienone is 3. The predicted octanol–water partition coefficient (Wildman–Crippen LogP) is 3.95. The minimum Gasteiger partial charge on any atom is -0.396 e. The van der Waals surface area contributed by atoms with Crippen molar-refractivity contribution in [1.82, 2.24) is 5.32 Å². The van der Waals surface area contributed by atoms with Crippen molar-refractivity contribution in [2.75, 3.05) is 12.8 Å². The van der Waals surface area contributed by atoms with Crippen LogP contribution < -0.4 is 11.1 Å².